The molecule has 1 aliphatic rings. The minimum Gasteiger partial charge on any atom is -0.493 e. The summed E-state index contributed by atoms with van der Waals surface area (Å²) in [6.45, 7) is 3.35. The first kappa shape index (κ1) is 20.0. The largest absolute Gasteiger partial charge is 0.493 e. The molecule has 0 radical (unpaired) electrons. The number of hydrogen-bond donors (Lipinski definition) is 4. The van der Waals surface area contributed by atoms with Gasteiger partial charge in [0, 0.05) is 11.8 Å². The van der Waals surface area contributed by atoms with Gasteiger partial charge in [-0.1, -0.05) is 25.3 Å². The Hall–Kier alpha value is -2.28. The van der Waals surface area contributed by atoms with Crippen molar-refractivity contribution in [2.24, 2.45) is 5.92 Å². The van der Waals surface area contributed by atoms with Crippen LogP contribution in [0, 0.1) is 12.8 Å². The number of ether oxygens (including phenoxy) is 1. The van der Waals surface area contributed by atoms with Crippen molar-refractivity contribution in [1.82, 2.24) is 5.32 Å². The van der Waals surface area contributed by atoms with Gasteiger partial charge in [0.25, 0.3) is 0 Å². The van der Waals surface area contributed by atoms with Gasteiger partial charge in [0.1, 0.15) is 5.75 Å². The van der Waals surface area contributed by atoms with Gasteiger partial charge in [-0.25, -0.2) is 9.59 Å². The number of urea groups is 1. The van der Waals surface area contributed by atoms with Crippen LogP contribution in [0.4, 0.5) is 10.5 Å². The minimum absolute atomic E-state index is 0.398. The highest BCUT2D eigenvalue weighted by molar-refractivity contribution is 5.90. The molecule has 1 saturated carbocycles. The molecule has 144 valence electrons. The van der Waals surface area contributed by atoms with Crippen LogP contribution in [-0.4, -0.2) is 41.0 Å². The molecule has 0 aliphatic heterocycles. The van der Waals surface area contributed by atoms with Gasteiger partial charge in [-0.2, -0.15) is 0 Å². The second-order valence-corrected chi connectivity index (χ2v) is 7.18. The molecule has 26 heavy (non-hydrogen) atoms. The summed E-state index contributed by atoms with van der Waals surface area (Å²) in [4.78, 5) is 22.8. The van der Waals surface area contributed by atoms with E-state index in [4.69, 9.17) is 9.84 Å². The van der Waals surface area contributed by atoms with E-state index < -0.39 is 24.1 Å². The number of aliphatic carboxylic acids is 1. The number of carboxylic acids is 1. The molecule has 1 aliphatic carbocycles. The van der Waals surface area contributed by atoms with Crippen molar-refractivity contribution in [3.63, 3.8) is 0 Å². The summed E-state index contributed by atoms with van der Waals surface area (Å²) in [5, 5.41) is 23.4. The number of carbonyl (C=O) groups excluding carboxylic acids is 1. The number of rotatable bonds is 7. The number of hydrogen-bond acceptors (Lipinski definition) is 4. The Labute approximate surface area is 153 Å². The molecule has 1 aromatic rings. The van der Waals surface area contributed by atoms with Crippen molar-refractivity contribution in [1.29, 1.82) is 0 Å². The number of anilines is 1. The molecule has 0 aromatic heterocycles. The molecule has 0 heterocycles. The predicted octanol–water partition coefficient (Wildman–Crippen LogP) is 2.91. The maximum Gasteiger partial charge on any atom is 0.337 e. The van der Waals surface area contributed by atoms with Gasteiger partial charge >= 0.3 is 12.0 Å². The van der Waals surface area contributed by atoms with Crippen LogP contribution >= 0.6 is 0 Å². The van der Waals surface area contributed by atoms with E-state index >= 15 is 0 Å². The fourth-order valence-corrected chi connectivity index (χ4v) is 2.90. The fraction of sp³-hybridized carbons (Fsp3) is 0.579. The lowest BCUT2D eigenvalue weighted by atomic mass is 9.90. The lowest BCUT2D eigenvalue weighted by Gasteiger charge is -2.22. The molecule has 1 fully saturated rings. The van der Waals surface area contributed by atoms with Gasteiger partial charge in [-0.05, 0) is 44.2 Å². The van der Waals surface area contributed by atoms with E-state index in [-0.39, 0.29) is 0 Å². The molecular weight excluding hydrogens is 336 g/mol. The van der Waals surface area contributed by atoms with Gasteiger partial charge in [0.2, 0.25) is 0 Å². The first-order chi connectivity index (χ1) is 12.3. The summed E-state index contributed by atoms with van der Waals surface area (Å²) in [5.41, 5.74) is -0.485. The van der Waals surface area contributed by atoms with Crippen LogP contribution in [0.1, 0.15) is 44.6 Å². The maximum atomic E-state index is 11.9. The second kappa shape index (κ2) is 8.89. The molecule has 1 atom stereocenters. The Morgan fingerprint density at radius 2 is 1.96 bits per heavy atom. The SMILES string of the molecule is Cc1ccc(NC(=O)NCC(C)(O)C(=O)O)cc1OCC1CCCCC1. The summed E-state index contributed by atoms with van der Waals surface area (Å²) in [6, 6.07) is 4.78. The molecular formula is C19H28N2O5. The first-order valence-electron chi connectivity index (χ1n) is 9.02. The highest BCUT2D eigenvalue weighted by Gasteiger charge is 2.30. The van der Waals surface area contributed by atoms with Gasteiger partial charge in [-0.3, -0.25) is 0 Å². The van der Waals surface area contributed by atoms with E-state index in [1.54, 1.807) is 12.1 Å². The topological polar surface area (TPSA) is 108 Å². The van der Waals surface area contributed by atoms with Crippen LogP contribution < -0.4 is 15.4 Å². The summed E-state index contributed by atoms with van der Waals surface area (Å²) < 4.78 is 5.95. The summed E-state index contributed by atoms with van der Waals surface area (Å²) in [6.07, 6.45) is 6.22. The predicted molar refractivity (Wildman–Crippen MR) is 98.5 cm³/mol. The van der Waals surface area contributed by atoms with E-state index in [1.807, 2.05) is 13.0 Å². The van der Waals surface area contributed by atoms with E-state index in [9.17, 15) is 14.7 Å². The van der Waals surface area contributed by atoms with Crippen molar-refractivity contribution >= 4 is 17.7 Å². The van der Waals surface area contributed by atoms with Crippen molar-refractivity contribution in [3.05, 3.63) is 23.8 Å². The van der Waals surface area contributed by atoms with Crippen molar-refractivity contribution in [3.8, 4) is 5.75 Å². The molecule has 4 N–H and O–H groups in total. The monoisotopic (exact) mass is 364 g/mol. The lowest BCUT2D eigenvalue weighted by Crippen LogP contribution is -2.47. The van der Waals surface area contributed by atoms with Crippen LogP contribution in [0.15, 0.2) is 18.2 Å². The first-order valence-corrected chi connectivity index (χ1v) is 9.02. The molecule has 1 unspecified atom stereocenters. The third kappa shape index (κ3) is 5.91. The van der Waals surface area contributed by atoms with E-state index in [2.05, 4.69) is 10.6 Å². The summed E-state index contributed by atoms with van der Waals surface area (Å²) >= 11 is 0. The third-order valence-corrected chi connectivity index (χ3v) is 4.70. The number of aryl methyl sites for hydroxylation is 1. The fourth-order valence-electron chi connectivity index (χ4n) is 2.90. The Bertz CT molecular complexity index is 639. The summed E-state index contributed by atoms with van der Waals surface area (Å²) in [5.74, 6) is -0.0845. The number of aliphatic hydroxyl groups is 1. The molecule has 0 spiro atoms. The van der Waals surface area contributed by atoms with Crippen LogP contribution in [0.25, 0.3) is 0 Å². The zero-order valence-electron chi connectivity index (χ0n) is 15.4. The molecule has 7 nitrogen and oxygen atoms in total. The highest BCUT2D eigenvalue weighted by atomic mass is 16.5. The zero-order chi connectivity index (χ0) is 19.2. The normalized spacial score (nSPS) is 17.2. The Morgan fingerprint density at radius 1 is 1.27 bits per heavy atom. The number of carboxylic acid groups (broad SMARTS) is 1. The zero-order valence-corrected chi connectivity index (χ0v) is 15.4. The van der Waals surface area contributed by atoms with E-state index in [1.165, 1.54) is 32.1 Å². The Balaban J connectivity index is 1.89. The smallest absolute Gasteiger partial charge is 0.337 e. The molecule has 7 heteroatoms. The standard InChI is InChI=1S/C19H28N2O5/c1-13-8-9-15(21-18(24)20-12-19(2,25)17(22)23)10-16(13)26-11-14-6-4-3-5-7-14/h8-10,14,25H,3-7,11-12H2,1-2H3,(H,22,23)(H2,20,21,24). The molecule has 2 rings (SSSR count). The molecule has 0 saturated heterocycles. The van der Waals surface area contributed by atoms with Crippen molar-refractivity contribution in [2.75, 3.05) is 18.5 Å². The van der Waals surface area contributed by atoms with Crippen LogP contribution in [0.5, 0.6) is 5.75 Å². The van der Waals surface area contributed by atoms with Crippen molar-refractivity contribution < 1.29 is 24.5 Å². The van der Waals surface area contributed by atoms with Gasteiger partial charge in [0.15, 0.2) is 5.60 Å². The van der Waals surface area contributed by atoms with Crippen LogP contribution in [0.2, 0.25) is 0 Å². The van der Waals surface area contributed by atoms with Gasteiger partial charge in [-0.15, -0.1) is 0 Å². The second-order valence-electron chi connectivity index (χ2n) is 7.18. The minimum atomic E-state index is -2.01. The Morgan fingerprint density at radius 3 is 2.62 bits per heavy atom. The highest BCUT2D eigenvalue weighted by Crippen LogP contribution is 2.27. The number of carbonyl (C=O) groups is 2. The average molecular weight is 364 g/mol. The molecule has 0 bridgehead atoms. The van der Waals surface area contributed by atoms with Gasteiger partial charge < -0.3 is 25.6 Å². The lowest BCUT2D eigenvalue weighted by molar-refractivity contribution is -0.155. The van der Waals surface area contributed by atoms with Crippen LogP contribution in [-0.2, 0) is 4.79 Å². The van der Waals surface area contributed by atoms with Crippen LogP contribution in [0.3, 0.4) is 0 Å². The molecule has 2 amide bonds. The van der Waals surface area contributed by atoms with E-state index in [0.717, 1.165) is 18.2 Å². The number of nitrogens with one attached hydrogen (secondary N) is 2. The van der Waals surface area contributed by atoms with Gasteiger partial charge in [0.05, 0.1) is 13.2 Å². The molecule has 1 aromatic carbocycles. The quantitative estimate of drug-likeness (QED) is 0.595. The van der Waals surface area contributed by atoms with Crippen molar-refractivity contribution in [2.45, 2.75) is 51.6 Å². The third-order valence-electron chi connectivity index (χ3n) is 4.70. The summed E-state index contributed by atoms with van der Waals surface area (Å²) in [7, 11) is 0. The average Bonchev–Trinajstić information content (AvgIpc) is 2.61. The number of amides is 2. The maximum absolute atomic E-state index is 11.9. The number of benzene rings is 1. The van der Waals surface area contributed by atoms with E-state index in [0.29, 0.717) is 18.2 Å². The Kier molecular flexibility index (Phi) is 6.85.